The van der Waals surface area contributed by atoms with Gasteiger partial charge in [0.1, 0.15) is 19.3 Å². The van der Waals surface area contributed by atoms with Gasteiger partial charge in [-0.3, -0.25) is 14.3 Å². The number of benzene rings is 1. The van der Waals surface area contributed by atoms with Crippen LogP contribution in [0.25, 0.3) is 5.13 Å². The number of amides is 1. The van der Waals surface area contributed by atoms with E-state index in [0.29, 0.717) is 45.4 Å². The highest BCUT2D eigenvalue weighted by Crippen LogP contribution is 2.31. The molecule has 1 atom stereocenters. The lowest BCUT2D eigenvalue weighted by molar-refractivity contribution is -0.151. The third-order valence-electron chi connectivity index (χ3n) is 6.15. The molecule has 35 heavy (non-hydrogen) atoms. The van der Waals surface area contributed by atoms with Crippen molar-refractivity contribution in [1.29, 1.82) is 0 Å². The molecule has 1 saturated heterocycles. The number of morpholine rings is 1. The number of hydrogen-bond acceptors (Lipinski definition) is 7. The van der Waals surface area contributed by atoms with E-state index in [4.69, 9.17) is 14.2 Å². The fraction of sp³-hybridized carbons (Fsp3) is 0.462. The molecule has 186 valence electrons. The van der Waals surface area contributed by atoms with Crippen LogP contribution < -0.4 is 9.47 Å². The molecule has 1 amide bonds. The molecule has 2 aliphatic rings. The number of aromatic nitrogens is 2. The Labute approximate surface area is 210 Å². The first-order valence-corrected chi connectivity index (χ1v) is 13.0. The zero-order chi connectivity index (χ0) is 24.2. The highest BCUT2D eigenvalue weighted by Gasteiger charge is 2.31. The van der Waals surface area contributed by atoms with Crippen LogP contribution in [0.3, 0.4) is 0 Å². The fourth-order valence-electron chi connectivity index (χ4n) is 4.57. The van der Waals surface area contributed by atoms with E-state index in [0.717, 1.165) is 41.0 Å². The van der Waals surface area contributed by atoms with Crippen molar-refractivity contribution in [3.63, 3.8) is 0 Å². The lowest BCUT2D eigenvalue weighted by Crippen LogP contribution is -2.51. The summed E-state index contributed by atoms with van der Waals surface area (Å²) in [7, 11) is 0. The number of fused-ring (bicyclic) bond motifs is 1. The van der Waals surface area contributed by atoms with Crippen molar-refractivity contribution in [3.05, 3.63) is 59.4 Å². The SMILES string of the molecule is CC(C)CN(Cc1ccc2c(c1)OCCO2)C(=O)C1CN(Cc2cccn2-c2nccs2)CCO1. The Morgan fingerprint density at radius 2 is 2.06 bits per heavy atom. The molecule has 0 aliphatic carbocycles. The van der Waals surface area contributed by atoms with Crippen molar-refractivity contribution < 1.29 is 19.0 Å². The van der Waals surface area contributed by atoms with E-state index in [1.807, 2.05) is 46.9 Å². The molecule has 3 aromatic rings. The number of carbonyl (C=O) groups is 1. The van der Waals surface area contributed by atoms with Gasteiger partial charge < -0.3 is 19.1 Å². The fourth-order valence-corrected chi connectivity index (χ4v) is 5.23. The van der Waals surface area contributed by atoms with Gasteiger partial charge >= 0.3 is 0 Å². The summed E-state index contributed by atoms with van der Waals surface area (Å²) < 4.78 is 19.5. The van der Waals surface area contributed by atoms with Gasteiger partial charge in [0.25, 0.3) is 5.91 Å². The van der Waals surface area contributed by atoms with Crippen LogP contribution in [0.1, 0.15) is 25.1 Å². The quantitative estimate of drug-likeness (QED) is 0.475. The Kier molecular flexibility index (Phi) is 7.36. The molecule has 9 heteroatoms. The number of nitrogens with zero attached hydrogens (tertiary/aromatic N) is 4. The van der Waals surface area contributed by atoms with Gasteiger partial charge in [0.05, 0.1) is 6.61 Å². The zero-order valence-electron chi connectivity index (χ0n) is 20.3. The first kappa shape index (κ1) is 23.8. The van der Waals surface area contributed by atoms with E-state index >= 15 is 0 Å². The van der Waals surface area contributed by atoms with Gasteiger partial charge in [0.15, 0.2) is 16.6 Å². The summed E-state index contributed by atoms with van der Waals surface area (Å²) >= 11 is 1.61. The topological polar surface area (TPSA) is 69.1 Å². The minimum atomic E-state index is -0.483. The average molecular weight is 497 g/mol. The predicted octanol–water partition coefficient (Wildman–Crippen LogP) is 3.59. The average Bonchev–Trinajstić information content (AvgIpc) is 3.55. The van der Waals surface area contributed by atoms with Gasteiger partial charge in [0.2, 0.25) is 0 Å². The molecule has 0 radical (unpaired) electrons. The lowest BCUT2D eigenvalue weighted by Gasteiger charge is -2.35. The molecular weight excluding hydrogens is 464 g/mol. The second-order valence-corrected chi connectivity index (χ2v) is 10.2. The molecule has 0 saturated carbocycles. The molecule has 2 aliphatic heterocycles. The molecular formula is C26H32N4O4S. The zero-order valence-corrected chi connectivity index (χ0v) is 21.1. The summed E-state index contributed by atoms with van der Waals surface area (Å²) in [5.41, 5.74) is 2.18. The van der Waals surface area contributed by atoms with E-state index in [2.05, 4.69) is 34.4 Å². The number of hydrogen-bond donors (Lipinski definition) is 0. The number of carbonyl (C=O) groups excluding carboxylic acids is 1. The predicted molar refractivity (Wildman–Crippen MR) is 134 cm³/mol. The molecule has 0 spiro atoms. The molecule has 1 fully saturated rings. The van der Waals surface area contributed by atoms with E-state index in [9.17, 15) is 4.79 Å². The Bertz CT molecular complexity index is 1130. The molecule has 1 unspecified atom stereocenters. The van der Waals surface area contributed by atoms with Crippen molar-refractivity contribution in [1.82, 2.24) is 19.4 Å². The molecule has 5 rings (SSSR count). The molecule has 0 N–H and O–H groups in total. The second kappa shape index (κ2) is 10.8. The van der Waals surface area contributed by atoms with E-state index in [1.54, 1.807) is 11.3 Å². The van der Waals surface area contributed by atoms with E-state index in [1.165, 1.54) is 0 Å². The van der Waals surface area contributed by atoms with Crippen LogP contribution in [-0.4, -0.2) is 70.8 Å². The van der Waals surface area contributed by atoms with Crippen LogP contribution >= 0.6 is 11.3 Å². The van der Waals surface area contributed by atoms with Gasteiger partial charge in [0, 0.05) is 56.2 Å². The molecule has 0 bridgehead atoms. The summed E-state index contributed by atoms with van der Waals surface area (Å²) in [6, 6.07) is 10.1. The van der Waals surface area contributed by atoms with Gasteiger partial charge in [-0.15, -0.1) is 11.3 Å². The van der Waals surface area contributed by atoms with E-state index < -0.39 is 6.10 Å². The Hall–Kier alpha value is -2.88. The minimum absolute atomic E-state index is 0.0357. The third kappa shape index (κ3) is 5.69. The van der Waals surface area contributed by atoms with Gasteiger partial charge in [-0.05, 0) is 35.7 Å². The first-order valence-electron chi connectivity index (χ1n) is 12.1. The summed E-state index contributed by atoms with van der Waals surface area (Å²) in [6.45, 7) is 9.18. The summed E-state index contributed by atoms with van der Waals surface area (Å²) in [5.74, 6) is 1.88. The molecule has 4 heterocycles. The van der Waals surface area contributed by atoms with Crippen LogP contribution in [0.2, 0.25) is 0 Å². The minimum Gasteiger partial charge on any atom is -0.486 e. The summed E-state index contributed by atoms with van der Waals surface area (Å²) in [5, 5.41) is 2.93. The van der Waals surface area contributed by atoms with Crippen LogP contribution in [0.4, 0.5) is 0 Å². The largest absolute Gasteiger partial charge is 0.486 e. The summed E-state index contributed by atoms with van der Waals surface area (Å²) in [6.07, 6.45) is 3.37. The van der Waals surface area contributed by atoms with Crippen LogP contribution in [-0.2, 0) is 22.6 Å². The third-order valence-corrected chi connectivity index (χ3v) is 6.92. The van der Waals surface area contributed by atoms with Gasteiger partial charge in [-0.2, -0.15) is 0 Å². The smallest absolute Gasteiger partial charge is 0.253 e. The first-order chi connectivity index (χ1) is 17.1. The normalized spacial score (nSPS) is 18.1. The number of ether oxygens (including phenoxy) is 3. The number of rotatable bonds is 8. The highest BCUT2D eigenvalue weighted by molar-refractivity contribution is 7.12. The van der Waals surface area contributed by atoms with Crippen molar-refractivity contribution in [3.8, 4) is 16.6 Å². The Balaban J connectivity index is 1.27. The molecule has 1 aromatic carbocycles. The lowest BCUT2D eigenvalue weighted by atomic mass is 10.1. The molecule has 2 aromatic heterocycles. The maximum absolute atomic E-state index is 13.6. The Morgan fingerprint density at radius 1 is 1.20 bits per heavy atom. The van der Waals surface area contributed by atoms with Crippen LogP contribution in [0, 0.1) is 5.92 Å². The van der Waals surface area contributed by atoms with E-state index in [-0.39, 0.29) is 5.91 Å². The number of thiazole rings is 1. The van der Waals surface area contributed by atoms with Crippen molar-refractivity contribution in [2.45, 2.75) is 33.0 Å². The van der Waals surface area contributed by atoms with Gasteiger partial charge in [-0.25, -0.2) is 4.98 Å². The van der Waals surface area contributed by atoms with Crippen LogP contribution in [0.15, 0.2) is 48.1 Å². The monoisotopic (exact) mass is 496 g/mol. The molecule has 8 nitrogen and oxygen atoms in total. The van der Waals surface area contributed by atoms with Crippen molar-refractivity contribution >= 4 is 17.2 Å². The second-order valence-electron chi connectivity index (χ2n) is 9.37. The maximum Gasteiger partial charge on any atom is 0.253 e. The van der Waals surface area contributed by atoms with Gasteiger partial charge in [-0.1, -0.05) is 19.9 Å². The van der Waals surface area contributed by atoms with Crippen molar-refractivity contribution in [2.24, 2.45) is 5.92 Å². The maximum atomic E-state index is 13.6. The van der Waals surface area contributed by atoms with Crippen LogP contribution in [0.5, 0.6) is 11.5 Å². The summed E-state index contributed by atoms with van der Waals surface area (Å²) in [4.78, 5) is 22.3. The van der Waals surface area contributed by atoms with Crippen molar-refractivity contribution in [2.75, 3.05) is 39.5 Å². The Morgan fingerprint density at radius 3 is 2.86 bits per heavy atom. The standard InChI is InChI=1S/C26H32N4O4S/c1-19(2)15-29(16-20-5-6-22-23(14-20)34-12-11-33-22)25(31)24-18-28(9-10-32-24)17-21-4-3-8-30(21)26-27-7-13-35-26/h3-8,13-14,19,24H,9-12,15-18H2,1-2H3. The highest BCUT2D eigenvalue weighted by atomic mass is 32.1.